The number of carbonyl (C=O) groups excluding carboxylic acids is 1. The first-order valence-corrected chi connectivity index (χ1v) is 9.49. The molecule has 0 atom stereocenters. The largest absolute Gasteiger partial charge is 0.422 e. The molecule has 142 valence electrons. The number of hydrogen-bond donors (Lipinski definition) is 1. The summed E-state index contributed by atoms with van der Waals surface area (Å²) in [7, 11) is 0. The first-order valence-electron chi connectivity index (χ1n) is 8.70. The zero-order valence-corrected chi connectivity index (χ0v) is 16.6. The van der Waals surface area contributed by atoms with E-state index in [-0.39, 0.29) is 5.56 Å². The average molecular weight is 448 g/mol. The first kappa shape index (κ1) is 18.8. The van der Waals surface area contributed by atoms with Crippen molar-refractivity contribution in [2.45, 2.75) is 0 Å². The van der Waals surface area contributed by atoms with Crippen molar-refractivity contribution in [2.75, 3.05) is 5.32 Å². The number of nitrogens with zero attached hydrogens (tertiary/aromatic N) is 2. The Morgan fingerprint density at radius 2 is 1.55 bits per heavy atom. The van der Waals surface area contributed by atoms with Gasteiger partial charge in [0.2, 0.25) is 0 Å². The van der Waals surface area contributed by atoms with Crippen molar-refractivity contribution >= 4 is 49.9 Å². The third-order valence-corrected chi connectivity index (χ3v) is 4.59. The molecule has 0 unspecified atom stereocenters. The summed E-state index contributed by atoms with van der Waals surface area (Å²) >= 11 is 3.36. The van der Waals surface area contributed by atoms with Gasteiger partial charge in [-0.05, 0) is 60.7 Å². The number of anilines is 1. The van der Waals surface area contributed by atoms with Crippen LogP contribution in [0.5, 0.6) is 0 Å². The third-order valence-electron chi connectivity index (χ3n) is 4.10. The molecule has 0 aliphatic rings. The standard InChI is InChI=1S/C22H14BrN3O3/c23-15-6-11-20-14(12-15)13-19(22(28)29-20)21(27)24-16-7-9-18(10-8-16)26-25-17-4-2-1-3-5-17/h1-13H,(H,24,27). The Balaban J connectivity index is 1.51. The molecule has 0 spiro atoms. The molecule has 0 radical (unpaired) electrons. The molecule has 0 saturated carbocycles. The lowest BCUT2D eigenvalue weighted by Crippen LogP contribution is -2.20. The number of halogens is 1. The lowest BCUT2D eigenvalue weighted by Gasteiger charge is -2.06. The Morgan fingerprint density at radius 3 is 2.28 bits per heavy atom. The highest BCUT2D eigenvalue weighted by atomic mass is 79.9. The minimum Gasteiger partial charge on any atom is -0.422 e. The van der Waals surface area contributed by atoms with E-state index >= 15 is 0 Å². The van der Waals surface area contributed by atoms with Crippen LogP contribution in [0.25, 0.3) is 11.0 Å². The van der Waals surface area contributed by atoms with Crippen molar-refractivity contribution in [2.24, 2.45) is 10.2 Å². The SMILES string of the molecule is O=C(Nc1ccc(N=Nc2ccccc2)cc1)c1cc2cc(Br)ccc2oc1=O. The first-order chi connectivity index (χ1) is 14.1. The van der Waals surface area contributed by atoms with Gasteiger partial charge in [-0.2, -0.15) is 10.2 Å². The summed E-state index contributed by atoms with van der Waals surface area (Å²) in [5.41, 5.74) is 1.58. The molecule has 0 bridgehead atoms. The number of fused-ring (bicyclic) bond motifs is 1. The Kier molecular flexibility index (Phi) is 5.31. The number of hydrogen-bond acceptors (Lipinski definition) is 5. The van der Waals surface area contributed by atoms with Crippen molar-refractivity contribution in [1.82, 2.24) is 0 Å². The van der Waals surface area contributed by atoms with E-state index in [1.807, 2.05) is 30.3 Å². The fourth-order valence-corrected chi connectivity index (χ4v) is 3.05. The van der Waals surface area contributed by atoms with E-state index in [0.717, 1.165) is 10.2 Å². The second-order valence-electron chi connectivity index (χ2n) is 6.17. The smallest absolute Gasteiger partial charge is 0.349 e. The average Bonchev–Trinajstić information content (AvgIpc) is 2.74. The van der Waals surface area contributed by atoms with Gasteiger partial charge >= 0.3 is 5.63 Å². The summed E-state index contributed by atoms with van der Waals surface area (Å²) in [4.78, 5) is 24.7. The molecule has 4 aromatic rings. The Hall–Kier alpha value is -3.58. The maximum absolute atomic E-state index is 12.5. The van der Waals surface area contributed by atoms with E-state index < -0.39 is 11.5 Å². The van der Waals surface area contributed by atoms with Gasteiger partial charge in [0, 0.05) is 15.5 Å². The van der Waals surface area contributed by atoms with Gasteiger partial charge in [0.1, 0.15) is 11.1 Å². The zero-order valence-electron chi connectivity index (χ0n) is 15.0. The van der Waals surface area contributed by atoms with E-state index in [4.69, 9.17) is 4.42 Å². The van der Waals surface area contributed by atoms with Gasteiger partial charge in [0.25, 0.3) is 5.91 Å². The van der Waals surface area contributed by atoms with Crippen molar-refractivity contribution in [3.8, 4) is 0 Å². The Bertz CT molecular complexity index is 1270. The van der Waals surface area contributed by atoms with E-state index in [0.29, 0.717) is 22.3 Å². The molecular weight excluding hydrogens is 434 g/mol. The van der Waals surface area contributed by atoms with Gasteiger partial charge in [-0.1, -0.05) is 34.1 Å². The summed E-state index contributed by atoms with van der Waals surface area (Å²) in [6, 6.07) is 22.9. The van der Waals surface area contributed by atoms with Gasteiger partial charge < -0.3 is 9.73 Å². The van der Waals surface area contributed by atoms with Crippen LogP contribution in [0.4, 0.5) is 17.1 Å². The van der Waals surface area contributed by atoms with Gasteiger partial charge in [0.05, 0.1) is 11.4 Å². The van der Waals surface area contributed by atoms with E-state index in [1.54, 1.807) is 42.5 Å². The van der Waals surface area contributed by atoms with Crippen LogP contribution < -0.4 is 10.9 Å². The highest BCUT2D eigenvalue weighted by Gasteiger charge is 2.14. The Labute approximate surface area is 174 Å². The highest BCUT2D eigenvalue weighted by Crippen LogP contribution is 2.22. The van der Waals surface area contributed by atoms with Gasteiger partial charge in [0.15, 0.2) is 0 Å². The lowest BCUT2D eigenvalue weighted by atomic mass is 10.1. The second kappa shape index (κ2) is 8.20. The number of amides is 1. The molecule has 0 saturated heterocycles. The molecule has 1 N–H and O–H groups in total. The van der Waals surface area contributed by atoms with E-state index in [1.165, 1.54) is 6.07 Å². The summed E-state index contributed by atoms with van der Waals surface area (Å²) in [6.07, 6.45) is 0. The van der Waals surface area contributed by atoms with Gasteiger partial charge in [-0.25, -0.2) is 4.79 Å². The molecule has 0 fully saturated rings. The molecule has 7 heteroatoms. The predicted molar refractivity (Wildman–Crippen MR) is 115 cm³/mol. The molecule has 29 heavy (non-hydrogen) atoms. The maximum Gasteiger partial charge on any atom is 0.349 e. The number of benzene rings is 3. The summed E-state index contributed by atoms with van der Waals surface area (Å²) in [5.74, 6) is -0.542. The number of azo groups is 1. The normalized spacial score (nSPS) is 11.1. The molecule has 3 aromatic carbocycles. The Morgan fingerprint density at radius 1 is 0.862 bits per heavy atom. The van der Waals surface area contributed by atoms with Crippen molar-refractivity contribution < 1.29 is 9.21 Å². The van der Waals surface area contributed by atoms with Crippen LogP contribution in [0, 0.1) is 0 Å². The molecule has 1 aromatic heterocycles. The molecule has 6 nitrogen and oxygen atoms in total. The van der Waals surface area contributed by atoms with Crippen molar-refractivity contribution in [3.63, 3.8) is 0 Å². The number of nitrogens with one attached hydrogen (secondary N) is 1. The van der Waals surface area contributed by atoms with Crippen LogP contribution in [0.15, 0.2) is 103 Å². The van der Waals surface area contributed by atoms with Crippen LogP contribution in [0.1, 0.15) is 10.4 Å². The van der Waals surface area contributed by atoms with Crippen LogP contribution in [-0.4, -0.2) is 5.91 Å². The molecule has 0 aliphatic heterocycles. The fraction of sp³-hybridized carbons (Fsp3) is 0. The minimum absolute atomic E-state index is 0.0663. The van der Waals surface area contributed by atoms with E-state index in [9.17, 15) is 9.59 Å². The molecular formula is C22H14BrN3O3. The summed E-state index contributed by atoms with van der Waals surface area (Å²) < 4.78 is 6.06. The number of rotatable bonds is 4. The summed E-state index contributed by atoms with van der Waals surface area (Å²) in [5, 5.41) is 11.6. The van der Waals surface area contributed by atoms with Crippen LogP contribution in [-0.2, 0) is 0 Å². The third kappa shape index (κ3) is 4.47. The number of carbonyl (C=O) groups is 1. The monoisotopic (exact) mass is 447 g/mol. The lowest BCUT2D eigenvalue weighted by molar-refractivity contribution is 0.102. The molecule has 0 aliphatic carbocycles. The minimum atomic E-state index is -0.689. The van der Waals surface area contributed by atoms with Crippen LogP contribution in [0.3, 0.4) is 0 Å². The molecule has 1 amide bonds. The summed E-state index contributed by atoms with van der Waals surface area (Å²) in [6.45, 7) is 0. The van der Waals surface area contributed by atoms with E-state index in [2.05, 4.69) is 31.5 Å². The zero-order chi connectivity index (χ0) is 20.2. The topological polar surface area (TPSA) is 84.0 Å². The van der Waals surface area contributed by atoms with Crippen molar-refractivity contribution in [3.05, 3.63) is 99.3 Å². The van der Waals surface area contributed by atoms with Gasteiger partial charge in [-0.15, -0.1) is 0 Å². The highest BCUT2D eigenvalue weighted by molar-refractivity contribution is 9.10. The fourth-order valence-electron chi connectivity index (χ4n) is 2.67. The quantitative estimate of drug-likeness (QED) is 0.297. The van der Waals surface area contributed by atoms with Gasteiger partial charge in [-0.3, -0.25) is 4.79 Å². The van der Waals surface area contributed by atoms with Crippen LogP contribution in [0.2, 0.25) is 0 Å². The molecule has 4 rings (SSSR count). The van der Waals surface area contributed by atoms with Crippen molar-refractivity contribution in [1.29, 1.82) is 0 Å². The van der Waals surface area contributed by atoms with Crippen LogP contribution >= 0.6 is 15.9 Å². The molecule has 1 heterocycles. The predicted octanol–water partition coefficient (Wildman–Crippen LogP) is 6.22. The second-order valence-corrected chi connectivity index (χ2v) is 7.08. The maximum atomic E-state index is 12.5.